The first-order valence-electron chi connectivity index (χ1n) is 11.1. The smallest absolute Gasteiger partial charge is 0.208 e. The number of benzene rings is 1. The van der Waals surface area contributed by atoms with Crippen LogP contribution in [0, 0.1) is 19.8 Å². The summed E-state index contributed by atoms with van der Waals surface area (Å²) in [5.74, 6) is 4.10. The molecule has 1 atom stereocenters. The van der Waals surface area contributed by atoms with E-state index in [4.69, 9.17) is 8.83 Å². The number of para-hydroxylation sites is 1. The number of piperidine rings is 1. The van der Waals surface area contributed by atoms with Gasteiger partial charge in [-0.2, -0.15) is 0 Å². The van der Waals surface area contributed by atoms with Crippen LogP contribution >= 0.6 is 0 Å². The van der Waals surface area contributed by atoms with Gasteiger partial charge in [-0.15, -0.1) is 0 Å². The van der Waals surface area contributed by atoms with Crippen LogP contribution in [-0.2, 0) is 6.54 Å². The van der Waals surface area contributed by atoms with Crippen molar-refractivity contribution in [1.82, 2.24) is 20.5 Å². The van der Waals surface area contributed by atoms with Gasteiger partial charge in [0.05, 0.1) is 18.3 Å². The number of nitrogens with one attached hydrogen (secondary N) is 2. The molecule has 166 valence electrons. The van der Waals surface area contributed by atoms with Crippen LogP contribution in [0.3, 0.4) is 0 Å². The van der Waals surface area contributed by atoms with E-state index in [-0.39, 0.29) is 6.04 Å². The molecule has 1 fully saturated rings. The van der Waals surface area contributed by atoms with Gasteiger partial charge in [-0.1, -0.05) is 18.2 Å². The number of fused-ring (bicyclic) bond motifs is 1. The monoisotopic (exact) mass is 423 g/mol. The van der Waals surface area contributed by atoms with Crippen LogP contribution in [0.2, 0.25) is 0 Å². The van der Waals surface area contributed by atoms with Crippen molar-refractivity contribution in [3.63, 3.8) is 0 Å². The summed E-state index contributed by atoms with van der Waals surface area (Å²) in [6, 6.07) is 10.2. The number of nitrogens with zero attached hydrogens (tertiary/aromatic N) is 3. The second-order valence-corrected chi connectivity index (χ2v) is 8.47. The molecular formula is C24H33N5O2. The van der Waals surface area contributed by atoms with Crippen molar-refractivity contribution in [3.05, 3.63) is 53.4 Å². The summed E-state index contributed by atoms with van der Waals surface area (Å²) in [4.78, 5) is 11.3. The Morgan fingerprint density at radius 2 is 2.00 bits per heavy atom. The van der Waals surface area contributed by atoms with Crippen molar-refractivity contribution >= 4 is 16.9 Å². The molecule has 0 radical (unpaired) electrons. The first kappa shape index (κ1) is 21.4. The predicted octanol–water partition coefficient (Wildman–Crippen LogP) is 4.18. The van der Waals surface area contributed by atoms with E-state index >= 15 is 0 Å². The van der Waals surface area contributed by atoms with Gasteiger partial charge in [0.25, 0.3) is 0 Å². The molecule has 2 aromatic heterocycles. The standard InChI is InChI=1S/C24H33N5O2/c1-16-18(3)30-23(27-16)15-29-11-9-19(10-12-29)14-26-24(25-4)28-17(2)22-13-20-7-5-6-8-21(20)31-22/h5-8,13,17,19H,9-12,14-15H2,1-4H3,(H2,25,26,28). The minimum atomic E-state index is 0.0353. The van der Waals surface area contributed by atoms with E-state index < -0.39 is 0 Å². The van der Waals surface area contributed by atoms with E-state index in [1.807, 2.05) is 39.1 Å². The molecule has 0 spiro atoms. The number of hydrogen-bond acceptors (Lipinski definition) is 5. The summed E-state index contributed by atoms with van der Waals surface area (Å²) in [6.45, 7) is 9.90. The molecule has 3 aromatic rings. The van der Waals surface area contributed by atoms with Crippen molar-refractivity contribution in [3.8, 4) is 0 Å². The van der Waals surface area contributed by atoms with Crippen molar-refractivity contribution in [2.24, 2.45) is 10.9 Å². The highest BCUT2D eigenvalue weighted by Gasteiger charge is 2.21. The molecule has 0 saturated carbocycles. The van der Waals surface area contributed by atoms with Gasteiger partial charge in [-0.05, 0) is 64.8 Å². The van der Waals surface area contributed by atoms with E-state index in [9.17, 15) is 0 Å². The molecule has 31 heavy (non-hydrogen) atoms. The van der Waals surface area contributed by atoms with Gasteiger partial charge in [0.2, 0.25) is 5.89 Å². The number of guanidine groups is 1. The van der Waals surface area contributed by atoms with E-state index in [0.717, 1.165) is 79.1 Å². The highest BCUT2D eigenvalue weighted by Crippen LogP contribution is 2.23. The first-order chi connectivity index (χ1) is 15.0. The van der Waals surface area contributed by atoms with Crippen LogP contribution in [0.25, 0.3) is 11.0 Å². The fourth-order valence-corrected chi connectivity index (χ4v) is 4.07. The maximum absolute atomic E-state index is 5.98. The molecule has 1 aliphatic heterocycles. The van der Waals surface area contributed by atoms with Gasteiger partial charge in [-0.25, -0.2) is 4.98 Å². The third kappa shape index (κ3) is 5.28. The number of aliphatic imine (C=N–C) groups is 1. The summed E-state index contributed by atoms with van der Waals surface area (Å²) in [7, 11) is 1.81. The summed E-state index contributed by atoms with van der Waals surface area (Å²) in [5.41, 5.74) is 1.90. The van der Waals surface area contributed by atoms with Gasteiger partial charge in [0, 0.05) is 19.0 Å². The minimum Gasteiger partial charge on any atom is -0.459 e. The molecule has 7 heteroatoms. The number of oxazole rings is 1. The Morgan fingerprint density at radius 1 is 1.23 bits per heavy atom. The minimum absolute atomic E-state index is 0.0353. The van der Waals surface area contributed by atoms with E-state index in [1.54, 1.807) is 0 Å². The Labute approximate surface area is 183 Å². The molecule has 3 heterocycles. The molecule has 0 amide bonds. The molecule has 4 rings (SSSR count). The van der Waals surface area contributed by atoms with Crippen LogP contribution in [0.5, 0.6) is 0 Å². The van der Waals surface area contributed by atoms with Gasteiger partial charge < -0.3 is 19.5 Å². The maximum atomic E-state index is 5.98. The molecule has 7 nitrogen and oxygen atoms in total. The molecule has 0 bridgehead atoms. The zero-order valence-electron chi connectivity index (χ0n) is 18.9. The summed E-state index contributed by atoms with van der Waals surface area (Å²) >= 11 is 0. The van der Waals surface area contributed by atoms with Crippen LogP contribution in [0.4, 0.5) is 0 Å². The lowest BCUT2D eigenvalue weighted by atomic mass is 9.97. The second-order valence-electron chi connectivity index (χ2n) is 8.47. The number of rotatable bonds is 6. The highest BCUT2D eigenvalue weighted by molar-refractivity contribution is 5.81. The quantitative estimate of drug-likeness (QED) is 0.458. The molecular weight excluding hydrogens is 390 g/mol. The van der Waals surface area contributed by atoms with Crippen molar-refractivity contribution < 1.29 is 8.83 Å². The van der Waals surface area contributed by atoms with Gasteiger partial charge >= 0.3 is 0 Å². The summed E-state index contributed by atoms with van der Waals surface area (Å²) in [6.07, 6.45) is 2.31. The van der Waals surface area contributed by atoms with Crippen molar-refractivity contribution in [2.75, 3.05) is 26.7 Å². The zero-order chi connectivity index (χ0) is 21.8. The Kier molecular flexibility index (Phi) is 6.61. The lowest BCUT2D eigenvalue weighted by molar-refractivity contribution is 0.164. The third-order valence-corrected chi connectivity index (χ3v) is 6.15. The normalized spacial score (nSPS) is 17.2. The van der Waals surface area contributed by atoms with Crippen LogP contribution in [0.15, 0.2) is 44.2 Å². The van der Waals surface area contributed by atoms with Crippen LogP contribution < -0.4 is 10.6 Å². The van der Waals surface area contributed by atoms with Gasteiger partial charge in [-0.3, -0.25) is 9.89 Å². The van der Waals surface area contributed by atoms with E-state index in [1.165, 1.54) is 0 Å². The highest BCUT2D eigenvalue weighted by atomic mass is 16.4. The molecule has 0 aliphatic carbocycles. The number of hydrogen-bond donors (Lipinski definition) is 2. The Balaban J connectivity index is 1.22. The lowest BCUT2D eigenvalue weighted by Crippen LogP contribution is -2.43. The first-order valence-corrected chi connectivity index (χ1v) is 11.1. The maximum Gasteiger partial charge on any atom is 0.208 e. The molecule has 1 aromatic carbocycles. The Hall–Kier alpha value is -2.80. The fraction of sp³-hybridized carbons (Fsp3) is 0.500. The van der Waals surface area contributed by atoms with Gasteiger partial charge in [0.15, 0.2) is 5.96 Å². The second kappa shape index (κ2) is 9.56. The molecule has 2 N–H and O–H groups in total. The van der Waals surface area contributed by atoms with Gasteiger partial charge in [0.1, 0.15) is 17.1 Å². The molecule has 1 saturated heterocycles. The largest absolute Gasteiger partial charge is 0.459 e. The number of likely N-dealkylation sites (tertiary alicyclic amines) is 1. The zero-order valence-corrected chi connectivity index (χ0v) is 18.9. The Bertz CT molecular complexity index is 977. The molecule has 1 aliphatic rings. The number of aryl methyl sites for hydroxylation is 2. The van der Waals surface area contributed by atoms with Crippen LogP contribution in [0.1, 0.15) is 48.9 Å². The average molecular weight is 424 g/mol. The lowest BCUT2D eigenvalue weighted by Gasteiger charge is -2.31. The van der Waals surface area contributed by atoms with E-state index in [2.05, 4.69) is 44.6 Å². The third-order valence-electron chi connectivity index (χ3n) is 6.15. The fourth-order valence-electron chi connectivity index (χ4n) is 4.07. The van der Waals surface area contributed by atoms with E-state index in [0.29, 0.717) is 5.92 Å². The SMILES string of the molecule is CN=C(NCC1CCN(Cc2nc(C)c(C)o2)CC1)NC(C)c1cc2ccccc2o1. The predicted molar refractivity (Wildman–Crippen MR) is 123 cm³/mol. The molecule has 1 unspecified atom stereocenters. The number of aromatic nitrogens is 1. The number of furan rings is 1. The average Bonchev–Trinajstić information content (AvgIpc) is 3.34. The summed E-state index contributed by atoms with van der Waals surface area (Å²) in [5, 5.41) is 8.06. The van der Waals surface area contributed by atoms with Crippen molar-refractivity contribution in [2.45, 2.75) is 46.2 Å². The Morgan fingerprint density at radius 3 is 2.68 bits per heavy atom. The van der Waals surface area contributed by atoms with Crippen molar-refractivity contribution in [1.29, 1.82) is 0 Å². The summed E-state index contributed by atoms with van der Waals surface area (Å²) < 4.78 is 11.7. The van der Waals surface area contributed by atoms with Crippen LogP contribution in [-0.4, -0.2) is 42.5 Å². The topological polar surface area (TPSA) is 78.8 Å².